The number of benzene rings is 1. The van der Waals surface area contributed by atoms with E-state index in [2.05, 4.69) is 0 Å². The molecule has 90 valence electrons. The summed E-state index contributed by atoms with van der Waals surface area (Å²) in [5.41, 5.74) is 7.15. The number of rotatable bonds is 3. The molecule has 0 radical (unpaired) electrons. The van der Waals surface area contributed by atoms with Crippen LogP contribution in [0.5, 0.6) is 0 Å². The highest BCUT2D eigenvalue weighted by Gasteiger charge is 2.28. The zero-order valence-electron chi connectivity index (χ0n) is 8.81. The molecule has 5 heteroatoms. The normalized spacial score (nSPS) is 13.9. The van der Waals surface area contributed by atoms with E-state index in [9.17, 15) is 13.2 Å². The SMILES string of the molecule is Cc1cccc(Cl)c1[C@H](N)CCC(F)(F)F. The fourth-order valence-corrected chi connectivity index (χ4v) is 1.94. The third kappa shape index (κ3) is 3.68. The Morgan fingerprint density at radius 3 is 2.50 bits per heavy atom. The predicted octanol–water partition coefficient (Wildman–Crippen LogP) is 3.99. The van der Waals surface area contributed by atoms with Crippen LogP contribution in [0.25, 0.3) is 0 Å². The first-order valence-electron chi connectivity index (χ1n) is 4.88. The molecule has 1 aromatic rings. The third-order valence-electron chi connectivity index (χ3n) is 2.38. The third-order valence-corrected chi connectivity index (χ3v) is 2.71. The molecule has 0 bridgehead atoms. The minimum atomic E-state index is -4.17. The van der Waals surface area contributed by atoms with Crippen LogP contribution in [0, 0.1) is 6.92 Å². The number of halogens is 4. The fourth-order valence-electron chi connectivity index (χ4n) is 1.58. The maximum atomic E-state index is 12.0. The molecule has 0 aliphatic carbocycles. The van der Waals surface area contributed by atoms with Crippen molar-refractivity contribution in [2.45, 2.75) is 32.0 Å². The lowest BCUT2D eigenvalue weighted by Gasteiger charge is -2.17. The standard InChI is InChI=1S/C11H13ClF3N/c1-7-3-2-4-8(12)10(7)9(16)5-6-11(13,14)15/h2-4,9H,5-6,16H2,1H3/t9-/m1/s1. The van der Waals surface area contributed by atoms with Crippen molar-refractivity contribution in [1.82, 2.24) is 0 Å². The largest absolute Gasteiger partial charge is 0.389 e. The number of hydrogen-bond acceptors (Lipinski definition) is 1. The van der Waals surface area contributed by atoms with Crippen molar-refractivity contribution in [2.75, 3.05) is 0 Å². The second-order valence-electron chi connectivity index (χ2n) is 3.73. The van der Waals surface area contributed by atoms with E-state index in [1.165, 1.54) is 0 Å². The average Bonchev–Trinajstić information content (AvgIpc) is 2.13. The molecule has 1 aromatic carbocycles. The molecule has 0 fully saturated rings. The molecule has 0 aliphatic rings. The summed E-state index contributed by atoms with van der Waals surface area (Å²) in [5.74, 6) is 0. The highest BCUT2D eigenvalue weighted by Crippen LogP contribution is 2.31. The van der Waals surface area contributed by atoms with Gasteiger partial charge >= 0.3 is 6.18 Å². The Hall–Kier alpha value is -0.740. The summed E-state index contributed by atoms with van der Waals surface area (Å²) in [6.07, 6.45) is -5.21. The molecular formula is C11H13ClF3N. The van der Waals surface area contributed by atoms with Crippen LogP contribution in [-0.4, -0.2) is 6.18 Å². The van der Waals surface area contributed by atoms with Gasteiger partial charge < -0.3 is 5.73 Å². The van der Waals surface area contributed by atoms with Crippen molar-refractivity contribution < 1.29 is 13.2 Å². The van der Waals surface area contributed by atoms with Crippen LogP contribution in [0.3, 0.4) is 0 Å². The molecule has 0 saturated carbocycles. The highest BCUT2D eigenvalue weighted by atomic mass is 35.5. The van der Waals surface area contributed by atoms with Crippen LogP contribution >= 0.6 is 11.6 Å². The van der Waals surface area contributed by atoms with Crippen LogP contribution in [-0.2, 0) is 0 Å². The van der Waals surface area contributed by atoms with E-state index < -0.39 is 18.6 Å². The first kappa shape index (κ1) is 13.3. The predicted molar refractivity (Wildman–Crippen MR) is 58.4 cm³/mol. The van der Waals surface area contributed by atoms with Gasteiger partial charge in [-0.1, -0.05) is 23.7 Å². The molecular weight excluding hydrogens is 239 g/mol. The van der Waals surface area contributed by atoms with E-state index in [4.69, 9.17) is 17.3 Å². The lowest BCUT2D eigenvalue weighted by atomic mass is 9.98. The zero-order chi connectivity index (χ0) is 12.3. The topological polar surface area (TPSA) is 26.0 Å². The van der Waals surface area contributed by atoms with Gasteiger partial charge in [0.15, 0.2) is 0 Å². The maximum absolute atomic E-state index is 12.0. The van der Waals surface area contributed by atoms with E-state index >= 15 is 0 Å². The lowest BCUT2D eigenvalue weighted by Crippen LogP contribution is -2.17. The molecule has 0 heterocycles. The minimum absolute atomic E-state index is 0.145. The van der Waals surface area contributed by atoms with Gasteiger partial charge in [0.1, 0.15) is 0 Å². The van der Waals surface area contributed by atoms with E-state index in [1.54, 1.807) is 25.1 Å². The van der Waals surface area contributed by atoms with Gasteiger partial charge in [0.2, 0.25) is 0 Å². The fraction of sp³-hybridized carbons (Fsp3) is 0.455. The summed E-state index contributed by atoms with van der Waals surface area (Å²) in [6, 6.07) is 4.50. The van der Waals surface area contributed by atoms with Gasteiger partial charge in [-0.05, 0) is 30.5 Å². The van der Waals surface area contributed by atoms with Gasteiger partial charge in [-0.25, -0.2) is 0 Å². The Bertz CT molecular complexity index is 342. The summed E-state index contributed by atoms with van der Waals surface area (Å²) in [6.45, 7) is 1.79. The second kappa shape index (κ2) is 5.06. The van der Waals surface area contributed by atoms with Crippen LogP contribution < -0.4 is 5.73 Å². The molecule has 0 saturated heterocycles. The van der Waals surface area contributed by atoms with Crippen molar-refractivity contribution in [1.29, 1.82) is 0 Å². The lowest BCUT2D eigenvalue weighted by molar-refractivity contribution is -0.136. The number of nitrogens with two attached hydrogens (primary N) is 1. The van der Waals surface area contributed by atoms with E-state index in [1.807, 2.05) is 0 Å². The molecule has 0 aromatic heterocycles. The molecule has 0 spiro atoms. The summed E-state index contributed by atoms with van der Waals surface area (Å²) in [5, 5.41) is 0.426. The van der Waals surface area contributed by atoms with Crippen LogP contribution in [0.2, 0.25) is 5.02 Å². The average molecular weight is 252 g/mol. The monoisotopic (exact) mass is 251 g/mol. The van der Waals surface area contributed by atoms with Gasteiger partial charge in [0.05, 0.1) is 0 Å². The number of alkyl halides is 3. The van der Waals surface area contributed by atoms with Crippen LogP contribution in [0.1, 0.15) is 30.0 Å². The van der Waals surface area contributed by atoms with Crippen LogP contribution in [0.4, 0.5) is 13.2 Å². The summed E-state index contributed by atoms with van der Waals surface area (Å²) in [7, 11) is 0. The summed E-state index contributed by atoms with van der Waals surface area (Å²) < 4.78 is 36.1. The molecule has 1 rings (SSSR count). The van der Waals surface area contributed by atoms with Crippen molar-refractivity contribution in [2.24, 2.45) is 5.73 Å². The van der Waals surface area contributed by atoms with Crippen molar-refractivity contribution in [3.05, 3.63) is 34.3 Å². The Morgan fingerprint density at radius 1 is 1.38 bits per heavy atom. The molecule has 2 N–H and O–H groups in total. The first-order chi connectivity index (χ1) is 7.31. The van der Waals surface area contributed by atoms with Gasteiger partial charge in [0.25, 0.3) is 0 Å². The van der Waals surface area contributed by atoms with E-state index in [0.29, 0.717) is 10.6 Å². The summed E-state index contributed by atoms with van der Waals surface area (Å²) in [4.78, 5) is 0. The highest BCUT2D eigenvalue weighted by molar-refractivity contribution is 6.31. The van der Waals surface area contributed by atoms with E-state index in [0.717, 1.165) is 5.56 Å². The minimum Gasteiger partial charge on any atom is -0.324 e. The van der Waals surface area contributed by atoms with Crippen molar-refractivity contribution in [3.63, 3.8) is 0 Å². The maximum Gasteiger partial charge on any atom is 0.389 e. The molecule has 0 amide bonds. The molecule has 16 heavy (non-hydrogen) atoms. The number of hydrogen-bond donors (Lipinski definition) is 1. The zero-order valence-corrected chi connectivity index (χ0v) is 9.57. The van der Waals surface area contributed by atoms with Crippen molar-refractivity contribution in [3.8, 4) is 0 Å². The second-order valence-corrected chi connectivity index (χ2v) is 4.14. The molecule has 0 aliphatic heterocycles. The Balaban J connectivity index is 2.77. The van der Waals surface area contributed by atoms with Crippen molar-refractivity contribution >= 4 is 11.6 Å². The van der Waals surface area contributed by atoms with E-state index in [-0.39, 0.29) is 6.42 Å². The summed E-state index contributed by atoms with van der Waals surface area (Å²) >= 11 is 5.91. The van der Waals surface area contributed by atoms with Gasteiger partial charge in [-0.3, -0.25) is 0 Å². The molecule has 1 nitrogen and oxygen atoms in total. The smallest absolute Gasteiger partial charge is 0.324 e. The van der Waals surface area contributed by atoms with Crippen LogP contribution in [0.15, 0.2) is 18.2 Å². The first-order valence-corrected chi connectivity index (χ1v) is 5.26. The Morgan fingerprint density at radius 2 is 2.00 bits per heavy atom. The molecule has 0 unspecified atom stereocenters. The number of aryl methyl sites for hydroxylation is 1. The van der Waals surface area contributed by atoms with Gasteiger partial charge in [0, 0.05) is 17.5 Å². The quantitative estimate of drug-likeness (QED) is 0.864. The Kier molecular flexibility index (Phi) is 4.21. The Labute approximate surface area is 97.4 Å². The van der Waals surface area contributed by atoms with Gasteiger partial charge in [-0.2, -0.15) is 13.2 Å². The van der Waals surface area contributed by atoms with Gasteiger partial charge in [-0.15, -0.1) is 0 Å². The molecule has 1 atom stereocenters.